The molecule has 1 fully saturated rings. The van der Waals surface area contributed by atoms with E-state index in [-0.39, 0.29) is 5.82 Å². The lowest BCUT2D eigenvalue weighted by Crippen LogP contribution is -2.25. The lowest BCUT2D eigenvalue weighted by atomic mass is 10.1. The van der Waals surface area contributed by atoms with Crippen LogP contribution in [0.15, 0.2) is 28.7 Å². The van der Waals surface area contributed by atoms with Gasteiger partial charge in [-0.1, -0.05) is 40.9 Å². The molecule has 3 heteroatoms. The predicted octanol–water partition coefficient (Wildman–Crippen LogP) is 4.13. The maximum atomic E-state index is 13.5. The Balaban J connectivity index is 2.05. The van der Waals surface area contributed by atoms with Crippen LogP contribution in [0.5, 0.6) is 0 Å². The van der Waals surface area contributed by atoms with Gasteiger partial charge in [-0.3, -0.25) is 0 Å². The Morgan fingerprint density at radius 2 is 2.18 bits per heavy atom. The SMILES string of the molecule is Fc1ccc(Br)cc1/C=C/C1CCCCCN1. The van der Waals surface area contributed by atoms with Gasteiger partial charge < -0.3 is 5.32 Å². The number of hydrogen-bond donors (Lipinski definition) is 1. The van der Waals surface area contributed by atoms with Crippen LogP contribution >= 0.6 is 15.9 Å². The van der Waals surface area contributed by atoms with Crippen molar-refractivity contribution in [1.82, 2.24) is 5.32 Å². The van der Waals surface area contributed by atoms with Gasteiger partial charge in [0.25, 0.3) is 0 Å². The molecule has 1 aromatic rings. The van der Waals surface area contributed by atoms with Gasteiger partial charge in [0, 0.05) is 16.1 Å². The average molecular weight is 298 g/mol. The van der Waals surface area contributed by atoms with E-state index in [4.69, 9.17) is 0 Å². The summed E-state index contributed by atoms with van der Waals surface area (Å²) in [4.78, 5) is 0. The van der Waals surface area contributed by atoms with Gasteiger partial charge in [-0.25, -0.2) is 4.39 Å². The van der Waals surface area contributed by atoms with Crippen LogP contribution in [0, 0.1) is 5.82 Å². The van der Waals surface area contributed by atoms with Gasteiger partial charge in [-0.15, -0.1) is 0 Å². The molecule has 1 N–H and O–H groups in total. The Hall–Kier alpha value is -0.670. The van der Waals surface area contributed by atoms with Gasteiger partial charge in [0.05, 0.1) is 0 Å². The molecule has 2 rings (SSSR count). The summed E-state index contributed by atoms with van der Waals surface area (Å²) in [6.45, 7) is 1.07. The van der Waals surface area contributed by atoms with E-state index < -0.39 is 0 Å². The number of benzene rings is 1. The molecule has 0 bridgehead atoms. The van der Waals surface area contributed by atoms with Crippen molar-refractivity contribution >= 4 is 22.0 Å². The molecule has 1 aliphatic rings. The molecule has 1 atom stereocenters. The van der Waals surface area contributed by atoms with Gasteiger partial charge in [0.1, 0.15) is 5.82 Å². The molecule has 0 saturated carbocycles. The Morgan fingerprint density at radius 1 is 1.29 bits per heavy atom. The minimum atomic E-state index is -0.168. The molecule has 1 saturated heterocycles. The van der Waals surface area contributed by atoms with Gasteiger partial charge >= 0.3 is 0 Å². The second-order valence-corrected chi connectivity index (χ2v) is 5.35. The fraction of sp³-hybridized carbons (Fsp3) is 0.429. The average Bonchev–Trinajstić information content (AvgIpc) is 2.59. The van der Waals surface area contributed by atoms with E-state index in [1.54, 1.807) is 6.07 Å². The van der Waals surface area contributed by atoms with E-state index in [0.29, 0.717) is 11.6 Å². The number of halogens is 2. The first-order valence-corrected chi connectivity index (χ1v) is 6.91. The number of hydrogen-bond acceptors (Lipinski definition) is 1. The van der Waals surface area contributed by atoms with Gasteiger partial charge in [0.2, 0.25) is 0 Å². The monoisotopic (exact) mass is 297 g/mol. The summed E-state index contributed by atoms with van der Waals surface area (Å²) in [5.74, 6) is -0.168. The highest BCUT2D eigenvalue weighted by atomic mass is 79.9. The molecule has 1 aromatic carbocycles. The van der Waals surface area contributed by atoms with Gasteiger partial charge in [-0.05, 0) is 37.6 Å². The Labute approximate surface area is 110 Å². The molecule has 1 heterocycles. The molecular weight excluding hydrogens is 281 g/mol. The zero-order valence-corrected chi connectivity index (χ0v) is 11.3. The van der Waals surface area contributed by atoms with Crippen molar-refractivity contribution in [2.24, 2.45) is 0 Å². The second kappa shape index (κ2) is 6.31. The standard InChI is InChI=1S/C14H17BrFN/c15-12-6-8-14(16)11(10-12)5-7-13-4-2-1-3-9-17-13/h5-8,10,13,17H,1-4,9H2/b7-5+. The first-order chi connectivity index (χ1) is 8.25. The second-order valence-electron chi connectivity index (χ2n) is 4.43. The topological polar surface area (TPSA) is 12.0 Å². The first-order valence-electron chi connectivity index (χ1n) is 6.12. The third-order valence-corrected chi connectivity index (χ3v) is 3.56. The normalized spacial score (nSPS) is 21.6. The van der Waals surface area contributed by atoms with Crippen molar-refractivity contribution in [3.8, 4) is 0 Å². The number of nitrogens with one attached hydrogen (secondary N) is 1. The maximum absolute atomic E-state index is 13.5. The van der Waals surface area contributed by atoms with Crippen LogP contribution in [0.4, 0.5) is 4.39 Å². The van der Waals surface area contributed by atoms with Crippen molar-refractivity contribution in [3.05, 3.63) is 40.1 Å². The third-order valence-electron chi connectivity index (χ3n) is 3.06. The van der Waals surface area contributed by atoms with Crippen molar-refractivity contribution < 1.29 is 4.39 Å². The summed E-state index contributed by atoms with van der Waals surface area (Å²) < 4.78 is 14.4. The summed E-state index contributed by atoms with van der Waals surface area (Å²) in [5.41, 5.74) is 0.644. The summed E-state index contributed by atoms with van der Waals surface area (Å²) in [6.07, 6.45) is 8.90. The molecule has 92 valence electrons. The minimum Gasteiger partial charge on any atom is -0.311 e. The Bertz CT molecular complexity index is 395. The molecule has 0 aromatic heterocycles. The third kappa shape index (κ3) is 3.93. The quantitative estimate of drug-likeness (QED) is 0.865. The Morgan fingerprint density at radius 3 is 3.06 bits per heavy atom. The number of rotatable bonds is 2. The Kier molecular flexibility index (Phi) is 4.75. The summed E-state index contributed by atoms with van der Waals surface area (Å²) in [5, 5.41) is 3.46. The molecular formula is C14H17BrFN. The van der Waals surface area contributed by atoms with Crippen LogP contribution in [0.25, 0.3) is 6.08 Å². The van der Waals surface area contributed by atoms with E-state index in [9.17, 15) is 4.39 Å². The maximum Gasteiger partial charge on any atom is 0.130 e. The molecule has 17 heavy (non-hydrogen) atoms. The fourth-order valence-corrected chi connectivity index (χ4v) is 2.46. The van der Waals surface area contributed by atoms with Crippen LogP contribution in [-0.4, -0.2) is 12.6 Å². The van der Waals surface area contributed by atoms with E-state index in [0.717, 1.165) is 17.4 Å². The largest absolute Gasteiger partial charge is 0.311 e. The van der Waals surface area contributed by atoms with Crippen LogP contribution in [-0.2, 0) is 0 Å². The zero-order chi connectivity index (χ0) is 12.1. The molecule has 1 unspecified atom stereocenters. The molecule has 0 spiro atoms. The van der Waals surface area contributed by atoms with Gasteiger partial charge in [0.15, 0.2) is 0 Å². The van der Waals surface area contributed by atoms with E-state index in [1.807, 2.05) is 12.1 Å². The van der Waals surface area contributed by atoms with Crippen molar-refractivity contribution in [3.63, 3.8) is 0 Å². The molecule has 1 aliphatic heterocycles. The summed E-state index contributed by atoms with van der Waals surface area (Å²) in [6, 6.07) is 5.40. The lowest BCUT2D eigenvalue weighted by Gasteiger charge is -2.10. The van der Waals surface area contributed by atoms with E-state index in [1.165, 1.54) is 25.3 Å². The van der Waals surface area contributed by atoms with Crippen LogP contribution in [0.1, 0.15) is 31.2 Å². The van der Waals surface area contributed by atoms with Gasteiger partial charge in [-0.2, -0.15) is 0 Å². The smallest absolute Gasteiger partial charge is 0.130 e. The van der Waals surface area contributed by atoms with Crippen molar-refractivity contribution in [1.29, 1.82) is 0 Å². The molecule has 0 radical (unpaired) electrons. The summed E-state index contributed by atoms with van der Waals surface area (Å²) in [7, 11) is 0. The van der Waals surface area contributed by atoms with E-state index >= 15 is 0 Å². The molecule has 0 aliphatic carbocycles. The summed E-state index contributed by atoms with van der Waals surface area (Å²) >= 11 is 3.36. The van der Waals surface area contributed by atoms with Crippen LogP contribution in [0.2, 0.25) is 0 Å². The molecule has 1 nitrogen and oxygen atoms in total. The fourth-order valence-electron chi connectivity index (χ4n) is 2.08. The molecule has 0 amide bonds. The highest BCUT2D eigenvalue weighted by Gasteiger charge is 2.08. The highest BCUT2D eigenvalue weighted by Crippen LogP contribution is 2.18. The van der Waals surface area contributed by atoms with Crippen LogP contribution < -0.4 is 5.32 Å². The van der Waals surface area contributed by atoms with Crippen molar-refractivity contribution in [2.75, 3.05) is 6.54 Å². The highest BCUT2D eigenvalue weighted by molar-refractivity contribution is 9.10. The lowest BCUT2D eigenvalue weighted by molar-refractivity contribution is 0.598. The van der Waals surface area contributed by atoms with E-state index in [2.05, 4.69) is 27.3 Å². The van der Waals surface area contributed by atoms with Crippen molar-refractivity contribution in [2.45, 2.75) is 31.7 Å². The predicted molar refractivity (Wildman–Crippen MR) is 73.4 cm³/mol. The zero-order valence-electron chi connectivity index (χ0n) is 9.76. The van der Waals surface area contributed by atoms with Crippen LogP contribution in [0.3, 0.4) is 0 Å². The minimum absolute atomic E-state index is 0.168. The first kappa shape index (κ1) is 12.8.